The van der Waals surface area contributed by atoms with E-state index in [0.29, 0.717) is 0 Å². The molecule has 84 valence electrons. The molecule has 0 amide bonds. The van der Waals surface area contributed by atoms with Gasteiger partial charge in [-0.25, -0.2) is 4.98 Å². The van der Waals surface area contributed by atoms with E-state index in [1.165, 1.54) is 0 Å². The molecular formula is C12H14N2OS. The first kappa shape index (κ1) is 11.1. The maximum absolute atomic E-state index is 11.7. The fourth-order valence-electron chi connectivity index (χ4n) is 1.52. The van der Waals surface area contributed by atoms with Crippen molar-refractivity contribution in [1.29, 1.82) is 0 Å². The highest BCUT2D eigenvalue weighted by molar-refractivity contribution is 7.07. The summed E-state index contributed by atoms with van der Waals surface area (Å²) in [5.41, 5.74) is 3.63. The molecule has 0 N–H and O–H groups in total. The molecule has 0 radical (unpaired) electrons. The Kier molecular flexibility index (Phi) is 3.19. The third-order valence-electron chi connectivity index (χ3n) is 2.39. The SMILES string of the molecule is CC(C)C(=O)c1ccn(Cc2cscn2)c1. The van der Waals surface area contributed by atoms with Crippen molar-refractivity contribution in [2.24, 2.45) is 5.92 Å². The Balaban J connectivity index is 2.11. The van der Waals surface area contributed by atoms with Gasteiger partial charge in [0.2, 0.25) is 0 Å². The number of aromatic nitrogens is 2. The summed E-state index contributed by atoms with van der Waals surface area (Å²) in [7, 11) is 0. The number of hydrogen-bond donors (Lipinski definition) is 0. The molecule has 4 heteroatoms. The van der Waals surface area contributed by atoms with Gasteiger partial charge in [0.05, 0.1) is 17.7 Å². The summed E-state index contributed by atoms with van der Waals surface area (Å²) in [5, 5.41) is 2.02. The van der Waals surface area contributed by atoms with Crippen molar-refractivity contribution in [3.05, 3.63) is 40.6 Å². The van der Waals surface area contributed by atoms with Crippen molar-refractivity contribution in [2.75, 3.05) is 0 Å². The predicted molar refractivity (Wildman–Crippen MR) is 64.8 cm³/mol. The van der Waals surface area contributed by atoms with Crippen molar-refractivity contribution < 1.29 is 4.79 Å². The molecule has 0 aliphatic rings. The Morgan fingerprint density at radius 3 is 3.00 bits per heavy atom. The molecule has 2 rings (SSSR count). The second kappa shape index (κ2) is 4.61. The molecule has 2 aromatic rings. The summed E-state index contributed by atoms with van der Waals surface area (Å²) in [6.45, 7) is 4.56. The van der Waals surface area contributed by atoms with Crippen LogP contribution in [0.5, 0.6) is 0 Å². The molecule has 0 saturated heterocycles. The van der Waals surface area contributed by atoms with Gasteiger partial charge < -0.3 is 4.57 Å². The maximum Gasteiger partial charge on any atom is 0.166 e. The Labute approximate surface area is 98.8 Å². The third-order valence-corrected chi connectivity index (χ3v) is 3.02. The molecule has 0 atom stereocenters. The second-order valence-electron chi connectivity index (χ2n) is 4.07. The van der Waals surface area contributed by atoms with Gasteiger partial charge in [-0.2, -0.15) is 0 Å². The number of carbonyl (C=O) groups excluding carboxylic acids is 1. The van der Waals surface area contributed by atoms with E-state index < -0.39 is 0 Å². The van der Waals surface area contributed by atoms with Crippen molar-refractivity contribution in [3.8, 4) is 0 Å². The highest BCUT2D eigenvalue weighted by atomic mass is 32.1. The smallest absolute Gasteiger partial charge is 0.166 e. The number of ketones is 1. The number of carbonyl (C=O) groups is 1. The molecule has 0 aliphatic carbocycles. The van der Waals surface area contributed by atoms with Crippen LogP contribution >= 0.6 is 11.3 Å². The Bertz CT molecular complexity index is 471. The maximum atomic E-state index is 11.7. The van der Waals surface area contributed by atoms with Crippen LogP contribution in [0.3, 0.4) is 0 Å². The quantitative estimate of drug-likeness (QED) is 0.762. The van der Waals surface area contributed by atoms with Crippen LogP contribution in [-0.2, 0) is 6.54 Å². The molecule has 0 saturated carbocycles. The summed E-state index contributed by atoms with van der Waals surface area (Å²) in [6.07, 6.45) is 3.82. The lowest BCUT2D eigenvalue weighted by molar-refractivity contribution is 0.0939. The fourth-order valence-corrected chi connectivity index (χ4v) is 2.07. The molecule has 0 aliphatic heterocycles. The van der Waals surface area contributed by atoms with Gasteiger partial charge in [0.15, 0.2) is 5.78 Å². The van der Waals surface area contributed by atoms with E-state index in [9.17, 15) is 4.79 Å². The molecule has 0 bridgehead atoms. The van der Waals surface area contributed by atoms with Crippen LogP contribution < -0.4 is 0 Å². The minimum absolute atomic E-state index is 0.0510. The summed E-state index contributed by atoms with van der Waals surface area (Å²) in [5.74, 6) is 0.243. The van der Waals surface area contributed by atoms with Gasteiger partial charge in [0.25, 0.3) is 0 Å². The minimum atomic E-state index is 0.0510. The Morgan fingerprint density at radius 1 is 1.56 bits per heavy atom. The van der Waals surface area contributed by atoms with Gasteiger partial charge in [-0.15, -0.1) is 11.3 Å². The van der Waals surface area contributed by atoms with Crippen LogP contribution in [0.4, 0.5) is 0 Å². The van der Waals surface area contributed by atoms with Crippen molar-refractivity contribution in [3.63, 3.8) is 0 Å². The van der Waals surface area contributed by atoms with Crippen LogP contribution in [0.1, 0.15) is 29.9 Å². The van der Waals surface area contributed by atoms with E-state index in [1.54, 1.807) is 11.3 Å². The molecule has 2 heterocycles. The lowest BCUT2D eigenvalue weighted by atomic mass is 10.0. The van der Waals surface area contributed by atoms with Crippen LogP contribution in [-0.4, -0.2) is 15.3 Å². The van der Waals surface area contributed by atoms with Gasteiger partial charge in [-0.3, -0.25) is 4.79 Å². The monoisotopic (exact) mass is 234 g/mol. The number of nitrogens with zero attached hydrogens (tertiary/aromatic N) is 2. The predicted octanol–water partition coefficient (Wildman–Crippen LogP) is 2.83. The molecular weight excluding hydrogens is 220 g/mol. The Hall–Kier alpha value is -1.42. The highest BCUT2D eigenvalue weighted by Crippen LogP contribution is 2.11. The Morgan fingerprint density at radius 2 is 2.38 bits per heavy atom. The topological polar surface area (TPSA) is 34.9 Å². The van der Waals surface area contributed by atoms with Crippen LogP contribution in [0.25, 0.3) is 0 Å². The normalized spacial score (nSPS) is 10.9. The number of rotatable bonds is 4. The zero-order chi connectivity index (χ0) is 11.5. The summed E-state index contributed by atoms with van der Waals surface area (Å²) in [6, 6.07) is 1.87. The largest absolute Gasteiger partial charge is 0.348 e. The fraction of sp³-hybridized carbons (Fsp3) is 0.333. The van der Waals surface area contributed by atoms with E-state index in [0.717, 1.165) is 17.8 Å². The van der Waals surface area contributed by atoms with E-state index in [4.69, 9.17) is 0 Å². The summed E-state index contributed by atoms with van der Waals surface area (Å²) in [4.78, 5) is 15.9. The van der Waals surface area contributed by atoms with Gasteiger partial charge in [0, 0.05) is 29.3 Å². The highest BCUT2D eigenvalue weighted by Gasteiger charge is 2.11. The van der Waals surface area contributed by atoms with Crippen molar-refractivity contribution in [2.45, 2.75) is 20.4 Å². The average Bonchev–Trinajstić information content (AvgIpc) is 2.88. The molecule has 2 aromatic heterocycles. The van der Waals surface area contributed by atoms with E-state index in [2.05, 4.69) is 4.98 Å². The van der Waals surface area contributed by atoms with E-state index in [-0.39, 0.29) is 11.7 Å². The minimum Gasteiger partial charge on any atom is -0.348 e. The average molecular weight is 234 g/mol. The molecule has 0 unspecified atom stereocenters. The standard InChI is InChI=1S/C12H14N2OS/c1-9(2)12(15)10-3-4-14(5-10)6-11-7-16-8-13-11/h3-5,7-9H,6H2,1-2H3. The lowest BCUT2D eigenvalue weighted by Gasteiger charge is -2.01. The molecule has 0 spiro atoms. The zero-order valence-corrected chi connectivity index (χ0v) is 10.2. The first-order valence-corrected chi connectivity index (χ1v) is 6.18. The third kappa shape index (κ3) is 2.39. The first-order valence-electron chi connectivity index (χ1n) is 5.24. The van der Waals surface area contributed by atoms with Crippen LogP contribution in [0.15, 0.2) is 29.4 Å². The molecule has 3 nitrogen and oxygen atoms in total. The zero-order valence-electron chi connectivity index (χ0n) is 9.38. The van der Waals surface area contributed by atoms with E-state index >= 15 is 0 Å². The van der Waals surface area contributed by atoms with Crippen LogP contribution in [0, 0.1) is 5.92 Å². The molecule has 0 aromatic carbocycles. The lowest BCUT2D eigenvalue weighted by Crippen LogP contribution is -2.06. The first-order chi connectivity index (χ1) is 7.66. The van der Waals surface area contributed by atoms with Crippen molar-refractivity contribution in [1.82, 2.24) is 9.55 Å². The van der Waals surface area contributed by atoms with Gasteiger partial charge in [-0.1, -0.05) is 13.8 Å². The van der Waals surface area contributed by atoms with Crippen LogP contribution in [0.2, 0.25) is 0 Å². The van der Waals surface area contributed by atoms with Crippen molar-refractivity contribution >= 4 is 17.1 Å². The number of Topliss-reactive ketones (excluding diaryl/α,β-unsaturated/α-hetero) is 1. The molecule has 0 fully saturated rings. The number of hydrogen-bond acceptors (Lipinski definition) is 3. The molecule has 16 heavy (non-hydrogen) atoms. The number of thiazole rings is 1. The van der Waals surface area contributed by atoms with Gasteiger partial charge in [0.1, 0.15) is 0 Å². The van der Waals surface area contributed by atoms with E-state index in [1.807, 2.05) is 47.8 Å². The van der Waals surface area contributed by atoms with Gasteiger partial charge >= 0.3 is 0 Å². The van der Waals surface area contributed by atoms with Gasteiger partial charge in [-0.05, 0) is 6.07 Å². The summed E-state index contributed by atoms with van der Waals surface area (Å²) >= 11 is 1.59. The summed E-state index contributed by atoms with van der Waals surface area (Å²) < 4.78 is 1.99. The second-order valence-corrected chi connectivity index (χ2v) is 4.79.